The highest BCUT2D eigenvalue weighted by Gasteiger charge is 2.25. The first-order chi connectivity index (χ1) is 12.4. The summed E-state index contributed by atoms with van der Waals surface area (Å²) >= 11 is 0. The van der Waals surface area contributed by atoms with Crippen LogP contribution in [-0.4, -0.2) is 29.4 Å². The second-order valence-electron chi connectivity index (χ2n) is 7.85. The molecule has 2 atom stereocenters. The zero-order valence-corrected chi connectivity index (χ0v) is 18.1. The Labute approximate surface area is 162 Å². The maximum absolute atomic E-state index is 11.6. The molecule has 0 aliphatic rings. The maximum atomic E-state index is 11.6. The molecule has 0 aromatic heterocycles. The van der Waals surface area contributed by atoms with Gasteiger partial charge in [0.05, 0.1) is 11.4 Å². The van der Waals surface area contributed by atoms with Crippen LogP contribution in [0.15, 0.2) is 0 Å². The van der Waals surface area contributed by atoms with E-state index in [2.05, 4.69) is 13.8 Å². The molecule has 0 aliphatic carbocycles. The Morgan fingerprint density at radius 1 is 0.654 bits per heavy atom. The summed E-state index contributed by atoms with van der Waals surface area (Å²) in [6.07, 6.45) is 16.8. The lowest BCUT2D eigenvalue weighted by molar-refractivity contribution is 0.146. The van der Waals surface area contributed by atoms with Gasteiger partial charge in [-0.1, -0.05) is 104 Å². The van der Waals surface area contributed by atoms with Gasteiger partial charge in [0.15, 0.2) is 0 Å². The molecular formula is C21H44O4S. The van der Waals surface area contributed by atoms with Crippen LogP contribution < -0.4 is 0 Å². The summed E-state index contributed by atoms with van der Waals surface area (Å²) in [6, 6.07) is 0. The van der Waals surface area contributed by atoms with Crippen LogP contribution in [0.1, 0.15) is 123 Å². The van der Waals surface area contributed by atoms with E-state index in [1.54, 1.807) is 0 Å². The van der Waals surface area contributed by atoms with Crippen molar-refractivity contribution < 1.29 is 18.1 Å². The number of aliphatic hydroxyl groups is 1. The Balaban J connectivity index is 3.88. The molecule has 0 amide bonds. The topological polar surface area (TPSA) is 74.6 Å². The van der Waals surface area contributed by atoms with Crippen molar-refractivity contribution in [2.75, 3.05) is 0 Å². The number of hydrogen-bond acceptors (Lipinski definition) is 3. The van der Waals surface area contributed by atoms with Crippen molar-refractivity contribution in [1.82, 2.24) is 0 Å². The SMILES string of the molecule is CCCCCCCCCCC(O)CC(CCCCCCCC)S(=O)(=O)O. The molecule has 0 aromatic carbocycles. The van der Waals surface area contributed by atoms with Gasteiger partial charge in [-0.3, -0.25) is 4.55 Å². The van der Waals surface area contributed by atoms with Crippen LogP contribution in [0, 0.1) is 0 Å². The summed E-state index contributed by atoms with van der Waals surface area (Å²) in [6.45, 7) is 4.38. The summed E-state index contributed by atoms with van der Waals surface area (Å²) < 4.78 is 32.6. The highest BCUT2D eigenvalue weighted by Crippen LogP contribution is 2.20. The number of aliphatic hydroxyl groups excluding tert-OH is 1. The van der Waals surface area contributed by atoms with E-state index in [0.717, 1.165) is 32.1 Å². The van der Waals surface area contributed by atoms with Gasteiger partial charge in [-0.2, -0.15) is 8.42 Å². The highest BCUT2D eigenvalue weighted by atomic mass is 32.2. The molecule has 2 unspecified atom stereocenters. The van der Waals surface area contributed by atoms with Gasteiger partial charge in [0.1, 0.15) is 0 Å². The first-order valence-electron chi connectivity index (χ1n) is 11.1. The van der Waals surface area contributed by atoms with Crippen LogP contribution in [-0.2, 0) is 10.1 Å². The number of hydrogen-bond donors (Lipinski definition) is 2. The average molecular weight is 393 g/mol. The Bertz CT molecular complexity index is 395. The van der Waals surface area contributed by atoms with Crippen LogP contribution in [0.3, 0.4) is 0 Å². The minimum absolute atomic E-state index is 0.171. The Morgan fingerprint density at radius 2 is 1.04 bits per heavy atom. The van der Waals surface area contributed by atoms with E-state index in [9.17, 15) is 18.1 Å². The molecular weight excluding hydrogens is 348 g/mol. The van der Waals surface area contributed by atoms with Gasteiger partial charge in [0.25, 0.3) is 10.1 Å². The van der Waals surface area contributed by atoms with Gasteiger partial charge in [-0.15, -0.1) is 0 Å². The van der Waals surface area contributed by atoms with E-state index >= 15 is 0 Å². The van der Waals surface area contributed by atoms with E-state index in [0.29, 0.717) is 12.8 Å². The van der Waals surface area contributed by atoms with Crippen molar-refractivity contribution in [2.45, 2.75) is 134 Å². The van der Waals surface area contributed by atoms with Gasteiger partial charge >= 0.3 is 0 Å². The lowest BCUT2D eigenvalue weighted by atomic mass is 10.0. The van der Waals surface area contributed by atoms with Crippen LogP contribution in [0.4, 0.5) is 0 Å². The number of rotatable bonds is 19. The van der Waals surface area contributed by atoms with Crippen LogP contribution >= 0.6 is 0 Å². The van der Waals surface area contributed by atoms with Gasteiger partial charge in [0, 0.05) is 0 Å². The van der Waals surface area contributed by atoms with Gasteiger partial charge < -0.3 is 5.11 Å². The monoisotopic (exact) mass is 392 g/mol. The minimum Gasteiger partial charge on any atom is -0.393 e. The van der Waals surface area contributed by atoms with Crippen molar-refractivity contribution in [2.24, 2.45) is 0 Å². The standard InChI is InChI=1S/C21H44O4S/c1-3-5-7-9-11-12-13-15-17-20(22)19-21(26(23,24)25)18-16-14-10-8-6-4-2/h20-22H,3-19H2,1-2H3,(H,23,24,25). The lowest BCUT2D eigenvalue weighted by Crippen LogP contribution is -2.26. The van der Waals surface area contributed by atoms with Crippen molar-refractivity contribution in [3.8, 4) is 0 Å². The third-order valence-electron chi connectivity index (χ3n) is 5.23. The van der Waals surface area contributed by atoms with E-state index in [4.69, 9.17) is 0 Å². The van der Waals surface area contributed by atoms with Crippen molar-refractivity contribution >= 4 is 10.1 Å². The van der Waals surface area contributed by atoms with Crippen molar-refractivity contribution in [3.05, 3.63) is 0 Å². The highest BCUT2D eigenvalue weighted by molar-refractivity contribution is 7.86. The first kappa shape index (κ1) is 25.9. The lowest BCUT2D eigenvalue weighted by Gasteiger charge is -2.18. The van der Waals surface area contributed by atoms with Crippen molar-refractivity contribution in [1.29, 1.82) is 0 Å². The molecule has 0 saturated heterocycles. The molecule has 0 radical (unpaired) electrons. The molecule has 2 N–H and O–H groups in total. The molecule has 0 spiro atoms. The largest absolute Gasteiger partial charge is 0.393 e. The molecule has 4 nitrogen and oxygen atoms in total. The minimum atomic E-state index is -4.07. The van der Waals surface area contributed by atoms with E-state index in [1.807, 2.05) is 0 Å². The Morgan fingerprint density at radius 3 is 1.46 bits per heavy atom. The Kier molecular flexibility index (Phi) is 16.9. The summed E-state index contributed by atoms with van der Waals surface area (Å²) in [5.41, 5.74) is 0. The molecule has 0 heterocycles. The third-order valence-corrected chi connectivity index (χ3v) is 6.50. The van der Waals surface area contributed by atoms with Gasteiger partial charge in [-0.25, -0.2) is 0 Å². The molecule has 0 bridgehead atoms. The van der Waals surface area contributed by atoms with Crippen LogP contribution in [0.25, 0.3) is 0 Å². The summed E-state index contributed by atoms with van der Waals surface area (Å²) in [4.78, 5) is 0. The molecule has 0 aromatic rings. The maximum Gasteiger partial charge on any atom is 0.267 e. The van der Waals surface area contributed by atoms with Gasteiger partial charge in [0.2, 0.25) is 0 Å². The zero-order chi connectivity index (χ0) is 19.7. The molecule has 0 rings (SSSR count). The molecule has 5 heteroatoms. The second kappa shape index (κ2) is 17.0. The fraction of sp³-hybridized carbons (Fsp3) is 1.00. The summed E-state index contributed by atoms with van der Waals surface area (Å²) in [5.74, 6) is 0. The normalized spacial score (nSPS) is 14.5. The Hall–Kier alpha value is -0.130. The second-order valence-corrected chi connectivity index (χ2v) is 9.54. The fourth-order valence-electron chi connectivity index (χ4n) is 3.48. The first-order valence-corrected chi connectivity index (χ1v) is 12.6. The zero-order valence-electron chi connectivity index (χ0n) is 17.3. The third kappa shape index (κ3) is 16.1. The summed E-state index contributed by atoms with van der Waals surface area (Å²) in [7, 11) is -4.07. The average Bonchev–Trinajstić information content (AvgIpc) is 2.58. The summed E-state index contributed by atoms with van der Waals surface area (Å²) in [5, 5.41) is 9.35. The quantitative estimate of drug-likeness (QED) is 0.200. The van der Waals surface area contributed by atoms with Gasteiger partial charge in [-0.05, 0) is 19.3 Å². The van der Waals surface area contributed by atoms with E-state index in [1.165, 1.54) is 57.8 Å². The fourth-order valence-corrected chi connectivity index (χ4v) is 4.41. The van der Waals surface area contributed by atoms with Crippen LogP contribution in [0.5, 0.6) is 0 Å². The van der Waals surface area contributed by atoms with Crippen molar-refractivity contribution in [3.63, 3.8) is 0 Å². The molecule has 0 fully saturated rings. The number of unbranched alkanes of at least 4 members (excludes halogenated alkanes) is 12. The predicted octanol–water partition coefficient (Wildman–Crippen LogP) is 6.28. The van der Waals surface area contributed by atoms with Crippen LogP contribution in [0.2, 0.25) is 0 Å². The predicted molar refractivity (Wildman–Crippen MR) is 111 cm³/mol. The van der Waals surface area contributed by atoms with E-state index < -0.39 is 21.5 Å². The smallest absolute Gasteiger partial charge is 0.267 e. The molecule has 0 saturated carbocycles. The molecule has 26 heavy (non-hydrogen) atoms. The molecule has 0 aliphatic heterocycles. The molecule has 158 valence electrons. The van der Waals surface area contributed by atoms with E-state index in [-0.39, 0.29) is 6.42 Å².